The molecule has 1 amide bonds. The molecule has 1 atom stereocenters. The second kappa shape index (κ2) is 6.07. The lowest BCUT2D eigenvalue weighted by Gasteiger charge is -2.11. The van der Waals surface area contributed by atoms with Crippen LogP contribution in [0.15, 0.2) is 18.3 Å². The fourth-order valence-corrected chi connectivity index (χ4v) is 1.23. The maximum atomic E-state index is 11.6. The van der Waals surface area contributed by atoms with E-state index in [9.17, 15) is 4.79 Å². The van der Waals surface area contributed by atoms with Crippen LogP contribution in [0.3, 0.4) is 0 Å². The summed E-state index contributed by atoms with van der Waals surface area (Å²) in [4.78, 5) is 15.6. The maximum absolute atomic E-state index is 11.6. The molecule has 16 heavy (non-hydrogen) atoms. The molecule has 0 aromatic carbocycles. The second-order valence-corrected chi connectivity index (χ2v) is 3.48. The summed E-state index contributed by atoms with van der Waals surface area (Å²) in [5.74, 6) is 0.279. The standard InChI is InChI=1S/C11H17N3O2/c1-3-8(12)7-10(15)14-9-5-4-6-13-11(9)16-2/h4-6,8H,3,7,12H2,1-2H3,(H,14,15). The predicted octanol–water partition coefficient (Wildman–Crippen LogP) is 1.16. The summed E-state index contributed by atoms with van der Waals surface area (Å²) in [5, 5.41) is 2.72. The number of pyridine rings is 1. The Balaban J connectivity index is 2.62. The lowest BCUT2D eigenvalue weighted by molar-refractivity contribution is -0.116. The summed E-state index contributed by atoms with van der Waals surface area (Å²) in [6.07, 6.45) is 2.68. The van der Waals surface area contributed by atoms with E-state index in [4.69, 9.17) is 10.5 Å². The Morgan fingerprint density at radius 1 is 1.69 bits per heavy atom. The molecule has 0 spiro atoms. The van der Waals surface area contributed by atoms with Crippen molar-refractivity contribution in [1.29, 1.82) is 0 Å². The van der Waals surface area contributed by atoms with Crippen LogP contribution < -0.4 is 15.8 Å². The van der Waals surface area contributed by atoms with E-state index in [1.54, 1.807) is 18.3 Å². The number of nitrogens with one attached hydrogen (secondary N) is 1. The first-order valence-electron chi connectivity index (χ1n) is 5.21. The highest BCUT2D eigenvalue weighted by Gasteiger charge is 2.10. The van der Waals surface area contributed by atoms with Gasteiger partial charge in [0, 0.05) is 18.7 Å². The van der Waals surface area contributed by atoms with Crippen LogP contribution >= 0.6 is 0 Å². The van der Waals surface area contributed by atoms with E-state index in [2.05, 4.69) is 10.3 Å². The first kappa shape index (κ1) is 12.4. The Morgan fingerprint density at radius 2 is 2.44 bits per heavy atom. The van der Waals surface area contributed by atoms with Crippen molar-refractivity contribution >= 4 is 11.6 Å². The van der Waals surface area contributed by atoms with Crippen LogP contribution in [0, 0.1) is 0 Å². The number of hydrogen-bond donors (Lipinski definition) is 2. The van der Waals surface area contributed by atoms with E-state index in [1.807, 2.05) is 6.92 Å². The van der Waals surface area contributed by atoms with E-state index in [-0.39, 0.29) is 11.9 Å². The fourth-order valence-electron chi connectivity index (χ4n) is 1.23. The molecule has 1 unspecified atom stereocenters. The minimum absolute atomic E-state index is 0.109. The highest BCUT2D eigenvalue weighted by Crippen LogP contribution is 2.19. The average Bonchev–Trinajstić information content (AvgIpc) is 2.29. The number of anilines is 1. The number of rotatable bonds is 5. The molecular weight excluding hydrogens is 206 g/mol. The van der Waals surface area contributed by atoms with Crippen LogP contribution in [0.2, 0.25) is 0 Å². The van der Waals surface area contributed by atoms with E-state index in [0.29, 0.717) is 18.0 Å². The van der Waals surface area contributed by atoms with Gasteiger partial charge in [-0.1, -0.05) is 6.92 Å². The Morgan fingerprint density at radius 3 is 3.06 bits per heavy atom. The molecule has 0 saturated carbocycles. The molecule has 5 heteroatoms. The van der Waals surface area contributed by atoms with E-state index in [0.717, 1.165) is 6.42 Å². The average molecular weight is 223 g/mol. The van der Waals surface area contributed by atoms with Crippen LogP contribution in [0.5, 0.6) is 5.88 Å². The molecule has 5 nitrogen and oxygen atoms in total. The lowest BCUT2D eigenvalue weighted by atomic mass is 10.1. The van der Waals surface area contributed by atoms with Crippen molar-refractivity contribution in [3.63, 3.8) is 0 Å². The van der Waals surface area contributed by atoms with Crippen LogP contribution in [0.25, 0.3) is 0 Å². The van der Waals surface area contributed by atoms with Crippen molar-refractivity contribution in [3.05, 3.63) is 18.3 Å². The number of nitrogens with two attached hydrogens (primary N) is 1. The quantitative estimate of drug-likeness (QED) is 0.785. The molecule has 0 aliphatic heterocycles. The van der Waals surface area contributed by atoms with Crippen molar-refractivity contribution < 1.29 is 9.53 Å². The summed E-state index contributed by atoms with van der Waals surface area (Å²) in [7, 11) is 1.51. The number of carbonyl (C=O) groups excluding carboxylic acids is 1. The molecule has 3 N–H and O–H groups in total. The van der Waals surface area contributed by atoms with Gasteiger partial charge in [-0.2, -0.15) is 0 Å². The predicted molar refractivity (Wildman–Crippen MR) is 62.3 cm³/mol. The van der Waals surface area contributed by atoms with Gasteiger partial charge in [0.1, 0.15) is 5.69 Å². The van der Waals surface area contributed by atoms with Gasteiger partial charge < -0.3 is 15.8 Å². The third-order valence-corrected chi connectivity index (χ3v) is 2.21. The zero-order valence-electron chi connectivity index (χ0n) is 9.56. The largest absolute Gasteiger partial charge is 0.480 e. The van der Waals surface area contributed by atoms with Crippen LogP contribution in [-0.4, -0.2) is 24.0 Å². The van der Waals surface area contributed by atoms with Gasteiger partial charge in [0.25, 0.3) is 0 Å². The Bertz CT molecular complexity index is 355. The normalized spacial score (nSPS) is 11.9. The molecule has 0 aliphatic rings. The molecule has 1 heterocycles. The Kier molecular flexibility index (Phi) is 4.72. The molecule has 1 aromatic heterocycles. The van der Waals surface area contributed by atoms with Gasteiger partial charge in [-0.3, -0.25) is 4.79 Å². The molecule has 0 radical (unpaired) electrons. The van der Waals surface area contributed by atoms with Gasteiger partial charge in [-0.15, -0.1) is 0 Å². The monoisotopic (exact) mass is 223 g/mol. The van der Waals surface area contributed by atoms with Gasteiger partial charge >= 0.3 is 0 Å². The Hall–Kier alpha value is -1.62. The molecule has 1 rings (SSSR count). The zero-order chi connectivity index (χ0) is 12.0. The second-order valence-electron chi connectivity index (χ2n) is 3.48. The third-order valence-electron chi connectivity index (χ3n) is 2.21. The van der Waals surface area contributed by atoms with E-state index < -0.39 is 0 Å². The van der Waals surface area contributed by atoms with Gasteiger partial charge in [0.05, 0.1) is 7.11 Å². The topological polar surface area (TPSA) is 77.2 Å². The van der Waals surface area contributed by atoms with Crippen molar-refractivity contribution in [2.75, 3.05) is 12.4 Å². The number of ether oxygens (including phenoxy) is 1. The number of nitrogens with zero attached hydrogens (tertiary/aromatic N) is 1. The molecule has 0 fully saturated rings. The summed E-state index contributed by atoms with van der Waals surface area (Å²) in [6.45, 7) is 1.95. The van der Waals surface area contributed by atoms with Crippen molar-refractivity contribution in [2.24, 2.45) is 5.73 Å². The van der Waals surface area contributed by atoms with Crippen molar-refractivity contribution in [2.45, 2.75) is 25.8 Å². The van der Waals surface area contributed by atoms with E-state index in [1.165, 1.54) is 7.11 Å². The highest BCUT2D eigenvalue weighted by atomic mass is 16.5. The number of aromatic nitrogens is 1. The van der Waals surface area contributed by atoms with Crippen molar-refractivity contribution in [1.82, 2.24) is 4.98 Å². The van der Waals surface area contributed by atoms with Gasteiger partial charge in [0.15, 0.2) is 0 Å². The smallest absolute Gasteiger partial charge is 0.237 e. The van der Waals surface area contributed by atoms with Gasteiger partial charge in [-0.25, -0.2) is 4.98 Å². The van der Waals surface area contributed by atoms with Crippen LogP contribution in [0.1, 0.15) is 19.8 Å². The first-order valence-corrected chi connectivity index (χ1v) is 5.21. The fraction of sp³-hybridized carbons (Fsp3) is 0.455. The maximum Gasteiger partial charge on any atom is 0.237 e. The van der Waals surface area contributed by atoms with E-state index >= 15 is 0 Å². The minimum Gasteiger partial charge on any atom is -0.480 e. The molecule has 0 aliphatic carbocycles. The molecular formula is C11H17N3O2. The highest BCUT2D eigenvalue weighted by molar-refractivity contribution is 5.92. The zero-order valence-corrected chi connectivity index (χ0v) is 9.56. The SMILES string of the molecule is CCC(N)CC(=O)Nc1cccnc1OC. The number of carbonyl (C=O) groups is 1. The van der Waals surface area contributed by atoms with Crippen LogP contribution in [-0.2, 0) is 4.79 Å². The number of amides is 1. The summed E-state index contributed by atoms with van der Waals surface area (Å²) in [6, 6.07) is 3.36. The minimum atomic E-state index is -0.124. The summed E-state index contributed by atoms with van der Waals surface area (Å²) < 4.78 is 5.02. The molecule has 0 bridgehead atoms. The summed E-state index contributed by atoms with van der Waals surface area (Å²) >= 11 is 0. The van der Waals surface area contributed by atoms with Crippen molar-refractivity contribution in [3.8, 4) is 5.88 Å². The first-order chi connectivity index (χ1) is 7.67. The number of hydrogen-bond acceptors (Lipinski definition) is 4. The van der Waals surface area contributed by atoms with Crippen LogP contribution in [0.4, 0.5) is 5.69 Å². The molecule has 0 saturated heterocycles. The molecule has 88 valence electrons. The molecule has 1 aromatic rings. The Labute approximate surface area is 95.0 Å². The third kappa shape index (κ3) is 3.51. The lowest BCUT2D eigenvalue weighted by Crippen LogP contribution is -2.26. The summed E-state index contributed by atoms with van der Waals surface area (Å²) in [5.41, 5.74) is 6.26. The van der Waals surface area contributed by atoms with Gasteiger partial charge in [-0.05, 0) is 18.6 Å². The number of methoxy groups -OCH3 is 1. The van der Waals surface area contributed by atoms with Gasteiger partial charge in [0.2, 0.25) is 11.8 Å².